The highest BCUT2D eigenvalue weighted by atomic mass is 35.5. The van der Waals surface area contributed by atoms with Gasteiger partial charge in [0.2, 0.25) is 0 Å². The van der Waals surface area contributed by atoms with Crippen molar-refractivity contribution in [2.24, 2.45) is 0 Å². The molecule has 1 aliphatic heterocycles. The Hall–Kier alpha value is -0.620. The summed E-state index contributed by atoms with van der Waals surface area (Å²) in [6, 6.07) is 4.36. The van der Waals surface area contributed by atoms with Gasteiger partial charge in [-0.25, -0.2) is 4.79 Å². The third-order valence-electron chi connectivity index (χ3n) is 3.47. The molecule has 0 amide bonds. The summed E-state index contributed by atoms with van der Waals surface area (Å²) in [6.07, 6.45) is 1.85. The molecule has 1 N–H and O–H groups in total. The van der Waals surface area contributed by atoms with Crippen molar-refractivity contribution in [3.63, 3.8) is 0 Å². The zero-order chi connectivity index (χ0) is 13.8. The fourth-order valence-corrected chi connectivity index (χ4v) is 3.50. The fourth-order valence-electron chi connectivity index (χ4n) is 2.35. The van der Waals surface area contributed by atoms with Crippen molar-refractivity contribution in [2.45, 2.75) is 31.9 Å². The van der Waals surface area contributed by atoms with Gasteiger partial charge in [0.1, 0.15) is 6.61 Å². The molecule has 1 atom stereocenters. The SMILES string of the molecule is CC(c1ccc(Cl)s1)N1CCC(OCC(=O)O)CC1. The Kier molecular flexibility index (Phi) is 5.21. The van der Waals surface area contributed by atoms with Gasteiger partial charge in [0.15, 0.2) is 0 Å². The lowest BCUT2D eigenvalue weighted by atomic mass is 10.1. The summed E-state index contributed by atoms with van der Waals surface area (Å²) in [6.45, 7) is 3.85. The van der Waals surface area contributed by atoms with Crippen LogP contribution in [-0.2, 0) is 9.53 Å². The minimum atomic E-state index is -0.899. The quantitative estimate of drug-likeness (QED) is 0.908. The van der Waals surface area contributed by atoms with E-state index in [2.05, 4.69) is 17.9 Å². The van der Waals surface area contributed by atoms with Crippen molar-refractivity contribution in [3.05, 3.63) is 21.3 Å². The maximum Gasteiger partial charge on any atom is 0.329 e. The number of aliphatic carboxylic acids is 1. The van der Waals surface area contributed by atoms with E-state index in [0.29, 0.717) is 6.04 Å². The Balaban J connectivity index is 1.81. The Morgan fingerprint density at radius 3 is 2.79 bits per heavy atom. The van der Waals surface area contributed by atoms with Crippen LogP contribution in [0.4, 0.5) is 0 Å². The maximum absolute atomic E-state index is 10.5. The van der Waals surface area contributed by atoms with Crippen molar-refractivity contribution in [3.8, 4) is 0 Å². The third-order valence-corrected chi connectivity index (χ3v) is 4.87. The molecule has 0 saturated carbocycles. The van der Waals surface area contributed by atoms with Crippen LogP contribution in [0.1, 0.15) is 30.7 Å². The van der Waals surface area contributed by atoms with Crippen LogP contribution in [0, 0.1) is 0 Å². The van der Waals surface area contributed by atoms with Gasteiger partial charge in [-0.15, -0.1) is 11.3 Å². The Bertz CT molecular complexity index is 429. The van der Waals surface area contributed by atoms with Gasteiger partial charge in [0.05, 0.1) is 10.4 Å². The first-order chi connectivity index (χ1) is 9.06. The van der Waals surface area contributed by atoms with E-state index in [1.165, 1.54) is 4.88 Å². The summed E-state index contributed by atoms with van der Waals surface area (Å²) >= 11 is 7.58. The van der Waals surface area contributed by atoms with Crippen LogP contribution in [0.25, 0.3) is 0 Å². The molecule has 6 heteroatoms. The minimum Gasteiger partial charge on any atom is -0.480 e. The zero-order valence-electron chi connectivity index (χ0n) is 10.8. The van der Waals surface area contributed by atoms with E-state index in [-0.39, 0.29) is 12.7 Å². The summed E-state index contributed by atoms with van der Waals surface area (Å²) in [5.41, 5.74) is 0. The molecule has 0 spiro atoms. The van der Waals surface area contributed by atoms with Gasteiger partial charge in [0.25, 0.3) is 0 Å². The van der Waals surface area contributed by atoms with E-state index >= 15 is 0 Å². The van der Waals surface area contributed by atoms with Gasteiger partial charge in [-0.3, -0.25) is 4.90 Å². The maximum atomic E-state index is 10.5. The molecule has 0 aromatic carbocycles. The summed E-state index contributed by atoms with van der Waals surface area (Å²) < 4.78 is 6.16. The molecule has 1 unspecified atom stereocenters. The number of hydrogen-bond donors (Lipinski definition) is 1. The molecule has 0 bridgehead atoms. The number of carboxylic acids is 1. The number of nitrogens with zero attached hydrogens (tertiary/aromatic N) is 1. The lowest BCUT2D eigenvalue weighted by Crippen LogP contribution is -2.38. The van der Waals surface area contributed by atoms with E-state index in [4.69, 9.17) is 21.4 Å². The van der Waals surface area contributed by atoms with Crippen molar-refractivity contribution in [1.82, 2.24) is 4.90 Å². The molecule has 4 nitrogen and oxygen atoms in total. The molecule has 2 heterocycles. The predicted molar refractivity (Wildman–Crippen MR) is 75.9 cm³/mol. The molecule has 1 saturated heterocycles. The molecule has 1 aromatic heterocycles. The fraction of sp³-hybridized carbons (Fsp3) is 0.615. The highest BCUT2D eigenvalue weighted by Gasteiger charge is 2.25. The number of carbonyl (C=O) groups is 1. The van der Waals surface area contributed by atoms with E-state index in [0.717, 1.165) is 30.3 Å². The molecule has 0 radical (unpaired) electrons. The summed E-state index contributed by atoms with van der Waals surface area (Å²) in [5.74, 6) is -0.899. The van der Waals surface area contributed by atoms with Gasteiger partial charge in [-0.05, 0) is 31.9 Å². The summed E-state index contributed by atoms with van der Waals surface area (Å²) in [5, 5.41) is 8.59. The number of carboxylic acid groups (broad SMARTS) is 1. The van der Waals surface area contributed by atoms with Gasteiger partial charge < -0.3 is 9.84 Å². The smallest absolute Gasteiger partial charge is 0.329 e. The van der Waals surface area contributed by atoms with Crippen LogP contribution in [-0.4, -0.2) is 41.8 Å². The predicted octanol–water partition coefficient (Wildman–Crippen LogP) is 3.03. The van der Waals surface area contributed by atoms with Gasteiger partial charge in [-0.1, -0.05) is 11.6 Å². The van der Waals surface area contributed by atoms with E-state index in [9.17, 15) is 4.79 Å². The summed E-state index contributed by atoms with van der Waals surface area (Å²) in [4.78, 5) is 14.1. The molecule has 0 aliphatic carbocycles. The Morgan fingerprint density at radius 1 is 1.58 bits per heavy atom. The molecule has 19 heavy (non-hydrogen) atoms. The lowest BCUT2D eigenvalue weighted by Gasteiger charge is -2.35. The van der Waals surface area contributed by atoms with E-state index < -0.39 is 5.97 Å². The molecule has 1 aliphatic rings. The average Bonchev–Trinajstić information content (AvgIpc) is 2.83. The molecule has 2 rings (SSSR count). The number of thiophene rings is 1. The standard InChI is InChI=1S/C13H18ClNO3S/c1-9(11-2-3-12(14)19-11)15-6-4-10(5-7-15)18-8-13(16)17/h2-3,9-10H,4-8H2,1H3,(H,16,17). The first kappa shape index (κ1) is 14.8. The van der Waals surface area contributed by atoms with Gasteiger partial charge in [0, 0.05) is 24.0 Å². The van der Waals surface area contributed by atoms with E-state index in [1.807, 2.05) is 6.07 Å². The first-order valence-electron chi connectivity index (χ1n) is 6.39. The highest BCUT2D eigenvalue weighted by Crippen LogP contribution is 2.32. The first-order valence-corrected chi connectivity index (χ1v) is 7.58. The number of ether oxygens (including phenoxy) is 1. The van der Waals surface area contributed by atoms with Gasteiger partial charge >= 0.3 is 5.97 Å². The zero-order valence-corrected chi connectivity index (χ0v) is 12.4. The summed E-state index contributed by atoms with van der Waals surface area (Å²) in [7, 11) is 0. The van der Waals surface area contributed by atoms with Crippen LogP contribution >= 0.6 is 22.9 Å². The molecule has 1 aromatic rings. The van der Waals surface area contributed by atoms with E-state index in [1.54, 1.807) is 11.3 Å². The van der Waals surface area contributed by atoms with Crippen LogP contribution in [0.3, 0.4) is 0 Å². The molecule has 1 fully saturated rings. The number of likely N-dealkylation sites (tertiary alicyclic amines) is 1. The largest absolute Gasteiger partial charge is 0.480 e. The second-order valence-corrected chi connectivity index (χ2v) is 6.50. The second kappa shape index (κ2) is 6.70. The molecule has 106 valence electrons. The van der Waals surface area contributed by atoms with Crippen LogP contribution < -0.4 is 0 Å². The van der Waals surface area contributed by atoms with Crippen LogP contribution in [0.15, 0.2) is 12.1 Å². The monoisotopic (exact) mass is 303 g/mol. The number of halogens is 1. The number of hydrogen-bond acceptors (Lipinski definition) is 4. The number of rotatable bonds is 5. The van der Waals surface area contributed by atoms with Crippen molar-refractivity contribution < 1.29 is 14.6 Å². The topological polar surface area (TPSA) is 49.8 Å². The Morgan fingerprint density at radius 2 is 2.26 bits per heavy atom. The van der Waals surface area contributed by atoms with Crippen molar-refractivity contribution >= 4 is 28.9 Å². The van der Waals surface area contributed by atoms with Crippen LogP contribution in [0.2, 0.25) is 4.34 Å². The van der Waals surface area contributed by atoms with Crippen molar-refractivity contribution in [1.29, 1.82) is 0 Å². The second-order valence-electron chi connectivity index (χ2n) is 4.76. The van der Waals surface area contributed by atoms with Gasteiger partial charge in [-0.2, -0.15) is 0 Å². The minimum absolute atomic E-state index is 0.0754. The van der Waals surface area contributed by atoms with Crippen LogP contribution in [0.5, 0.6) is 0 Å². The molecular formula is C13H18ClNO3S. The highest BCUT2D eigenvalue weighted by molar-refractivity contribution is 7.16. The average molecular weight is 304 g/mol. The Labute approximate surface area is 121 Å². The molecular weight excluding hydrogens is 286 g/mol. The number of piperidine rings is 1. The van der Waals surface area contributed by atoms with Crippen molar-refractivity contribution in [2.75, 3.05) is 19.7 Å². The normalized spacial score (nSPS) is 19.5. The third kappa shape index (κ3) is 4.18. The lowest BCUT2D eigenvalue weighted by molar-refractivity contribution is -0.145.